The van der Waals surface area contributed by atoms with Gasteiger partial charge in [0.05, 0.1) is 13.2 Å². The SMILES string of the molecule is CCNC(=NCc1cccc(C(N)=O)c1)NCCOC. The summed E-state index contributed by atoms with van der Waals surface area (Å²) in [4.78, 5) is 15.6. The number of carbonyl (C=O) groups is 1. The topological polar surface area (TPSA) is 88.7 Å². The number of guanidine groups is 1. The first-order valence-corrected chi connectivity index (χ1v) is 6.57. The number of hydrogen-bond donors (Lipinski definition) is 3. The number of nitrogens with two attached hydrogens (primary N) is 1. The molecule has 0 radical (unpaired) electrons. The molecule has 1 aromatic rings. The second-order valence-electron chi connectivity index (χ2n) is 4.18. The molecule has 0 aliphatic carbocycles. The van der Waals surface area contributed by atoms with E-state index < -0.39 is 5.91 Å². The van der Waals surface area contributed by atoms with Crippen LogP contribution in [-0.2, 0) is 11.3 Å². The lowest BCUT2D eigenvalue weighted by atomic mass is 10.1. The number of primary amides is 1. The van der Waals surface area contributed by atoms with E-state index in [1.54, 1.807) is 25.3 Å². The maximum atomic E-state index is 11.1. The Morgan fingerprint density at radius 2 is 2.20 bits per heavy atom. The van der Waals surface area contributed by atoms with Gasteiger partial charge in [0.15, 0.2) is 5.96 Å². The number of ether oxygens (including phenoxy) is 1. The van der Waals surface area contributed by atoms with Crippen molar-refractivity contribution in [2.75, 3.05) is 26.8 Å². The Hall–Kier alpha value is -2.08. The highest BCUT2D eigenvalue weighted by Crippen LogP contribution is 2.05. The number of rotatable bonds is 7. The van der Waals surface area contributed by atoms with E-state index in [0.717, 1.165) is 12.1 Å². The maximum Gasteiger partial charge on any atom is 0.248 e. The number of nitrogens with zero attached hydrogens (tertiary/aromatic N) is 1. The van der Waals surface area contributed by atoms with Crippen molar-refractivity contribution in [1.82, 2.24) is 10.6 Å². The van der Waals surface area contributed by atoms with Gasteiger partial charge in [-0.25, -0.2) is 4.99 Å². The molecule has 110 valence electrons. The summed E-state index contributed by atoms with van der Waals surface area (Å²) in [5, 5.41) is 6.29. The van der Waals surface area contributed by atoms with Gasteiger partial charge in [0, 0.05) is 25.8 Å². The summed E-state index contributed by atoms with van der Waals surface area (Å²) in [5.74, 6) is 0.287. The van der Waals surface area contributed by atoms with Crippen molar-refractivity contribution in [2.24, 2.45) is 10.7 Å². The first kappa shape index (κ1) is 16.0. The average molecular weight is 278 g/mol. The average Bonchev–Trinajstić information content (AvgIpc) is 2.45. The van der Waals surface area contributed by atoms with Crippen molar-refractivity contribution in [1.29, 1.82) is 0 Å². The molecular weight excluding hydrogens is 256 g/mol. The molecule has 0 saturated heterocycles. The minimum atomic E-state index is -0.430. The molecule has 0 aromatic heterocycles. The van der Waals surface area contributed by atoms with Crippen LogP contribution < -0.4 is 16.4 Å². The number of amides is 1. The summed E-state index contributed by atoms with van der Waals surface area (Å²) in [7, 11) is 1.65. The van der Waals surface area contributed by atoms with Crippen LogP contribution in [0, 0.1) is 0 Å². The predicted molar refractivity (Wildman–Crippen MR) is 79.7 cm³/mol. The molecule has 0 saturated carbocycles. The van der Waals surface area contributed by atoms with Crippen LogP contribution in [0.4, 0.5) is 0 Å². The van der Waals surface area contributed by atoms with Gasteiger partial charge in [0.25, 0.3) is 0 Å². The Labute approximate surface area is 119 Å². The number of hydrogen-bond acceptors (Lipinski definition) is 3. The van der Waals surface area contributed by atoms with E-state index in [1.165, 1.54) is 0 Å². The fourth-order valence-electron chi connectivity index (χ4n) is 1.61. The number of nitrogens with one attached hydrogen (secondary N) is 2. The molecule has 0 fully saturated rings. The lowest BCUT2D eigenvalue weighted by Gasteiger charge is -2.10. The molecule has 0 unspecified atom stereocenters. The summed E-state index contributed by atoms with van der Waals surface area (Å²) >= 11 is 0. The zero-order chi connectivity index (χ0) is 14.8. The largest absolute Gasteiger partial charge is 0.383 e. The van der Waals surface area contributed by atoms with E-state index in [2.05, 4.69) is 15.6 Å². The van der Waals surface area contributed by atoms with Gasteiger partial charge in [-0.2, -0.15) is 0 Å². The fourth-order valence-corrected chi connectivity index (χ4v) is 1.61. The molecular formula is C14H22N4O2. The van der Waals surface area contributed by atoms with Crippen LogP contribution >= 0.6 is 0 Å². The Balaban J connectivity index is 2.65. The van der Waals surface area contributed by atoms with Crippen molar-refractivity contribution in [2.45, 2.75) is 13.5 Å². The lowest BCUT2D eigenvalue weighted by Crippen LogP contribution is -2.38. The third-order valence-electron chi connectivity index (χ3n) is 2.57. The molecule has 1 rings (SSSR count). The zero-order valence-corrected chi connectivity index (χ0v) is 12.0. The molecule has 0 heterocycles. The molecule has 1 aromatic carbocycles. The highest BCUT2D eigenvalue weighted by molar-refractivity contribution is 5.92. The van der Waals surface area contributed by atoms with Gasteiger partial charge in [-0.15, -0.1) is 0 Å². The van der Waals surface area contributed by atoms with Crippen molar-refractivity contribution < 1.29 is 9.53 Å². The molecule has 0 atom stereocenters. The molecule has 0 aliphatic heterocycles. The normalized spacial score (nSPS) is 11.2. The van der Waals surface area contributed by atoms with E-state index in [-0.39, 0.29) is 0 Å². The minimum Gasteiger partial charge on any atom is -0.383 e. The Morgan fingerprint density at radius 1 is 1.40 bits per heavy atom. The summed E-state index contributed by atoms with van der Waals surface area (Å²) in [6.07, 6.45) is 0. The molecule has 6 heteroatoms. The zero-order valence-electron chi connectivity index (χ0n) is 12.0. The number of benzene rings is 1. The van der Waals surface area contributed by atoms with E-state index in [4.69, 9.17) is 10.5 Å². The molecule has 0 spiro atoms. The van der Waals surface area contributed by atoms with Gasteiger partial charge in [-0.3, -0.25) is 4.79 Å². The van der Waals surface area contributed by atoms with Crippen molar-refractivity contribution in [3.05, 3.63) is 35.4 Å². The van der Waals surface area contributed by atoms with Gasteiger partial charge in [0.1, 0.15) is 0 Å². The van der Waals surface area contributed by atoms with Gasteiger partial charge < -0.3 is 21.1 Å². The van der Waals surface area contributed by atoms with Crippen molar-refractivity contribution in [3.8, 4) is 0 Å². The third kappa shape index (κ3) is 5.71. The van der Waals surface area contributed by atoms with Crippen LogP contribution in [0.5, 0.6) is 0 Å². The summed E-state index contributed by atoms with van der Waals surface area (Å²) in [5.41, 5.74) is 6.68. The molecule has 0 bridgehead atoms. The number of aliphatic imine (C=N–C) groups is 1. The first-order chi connectivity index (χ1) is 9.67. The minimum absolute atomic E-state index is 0.430. The number of methoxy groups -OCH3 is 1. The van der Waals surface area contributed by atoms with Crippen LogP contribution in [0.1, 0.15) is 22.8 Å². The van der Waals surface area contributed by atoms with Crippen LogP contribution in [0.25, 0.3) is 0 Å². The molecule has 20 heavy (non-hydrogen) atoms. The van der Waals surface area contributed by atoms with Crippen molar-refractivity contribution >= 4 is 11.9 Å². The van der Waals surface area contributed by atoms with Crippen LogP contribution in [0.3, 0.4) is 0 Å². The molecule has 0 aliphatic rings. The Kier molecular flexibility index (Phi) is 7.13. The second-order valence-corrected chi connectivity index (χ2v) is 4.18. The molecule has 6 nitrogen and oxygen atoms in total. The summed E-state index contributed by atoms with van der Waals surface area (Å²) in [6, 6.07) is 7.16. The Bertz CT molecular complexity index is 460. The molecule has 4 N–H and O–H groups in total. The standard InChI is InChI=1S/C14H22N4O2/c1-3-16-14(17-7-8-20-2)18-10-11-5-4-6-12(9-11)13(15)19/h4-6,9H,3,7-8,10H2,1-2H3,(H2,15,19)(H2,16,17,18). The maximum absolute atomic E-state index is 11.1. The van der Waals surface area contributed by atoms with Crippen LogP contribution in [0.2, 0.25) is 0 Å². The van der Waals surface area contributed by atoms with E-state index in [9.17, 15) is 4.79 Å². The van der Waals surface area contributed by atoms with Crippen LogP contribution in [-0.4, -0.2) is 38.7 Å². The third-order valence-corrected chi connectivity index (χ3v) is 2.57. The smallest absolute Gasteiger partial charge is 0.248 e. The van der Waals surface area contributed by atoms with E-state index in [0.29, 0.717) is 31.2 Å². The van der Waals surface area contributed by atoms with Gasteiger partial charge >= 0.3 is 0 Å². The molecule has 1 amide bonds. The quantitative estimate of drug-likeness (QED) is 0.385. The van der Waals surface area contributed by atoms with Crippen LogP contribution in [0.15, 0.2) is 29.3 Å². The van der Waals surface area contributed by atoms with Crippen molar-refractivity contribution in [3.63, 3.8) is 0 Å². The van der Waals surface area contributed by atoms with E-state index in [1.807, 2.05) is 13.0 Å². The Morgan fingerprint density at radius 3 is 2.85 bits per heavy atom. The van der Waals surface area contributed by atoms with Gasteiger partial charge in [-0.1, -0.05) is 12.1 Å². The first-order valence-electron chi connectivity index (χ1n) is 6.57. The second kappa shape index (κ2) is 8.92. The fraction of sp³-hybridized carbons (Fsp3) is 0.429. The summed E-state index contributed by atoms with van der Waals surface area (Å²) < 4.78 is 4.98. The monoisotopic (exact) mass is 278 g/mol. The lowest BCUT2D eigenvalue weighted by molar-refractivity contribution is 0.1000. The predicted octanol–water partition coefficient (Wildman–Crippen LogP) is 0.487. The van der Waals surface area contributed by atoms with E-state index >= 15 is 0 Å². The highest BCUT2D eigenvalue weighted by atomic mass is 16.5. The van der Waals surface area contributed by atoms with Gasteiger partial charge in [0.2, 0.25) is 5.91 Å². The summed E-state index contributed by atoms with van der Waals surface area (Å²) in [6.45, 7) is 4.55. The van der Waals surface area contributed by atoms with Gasteiger partial charge in [-0.05, 0) is 24.6 Å². The highest BCUT2D eigenvalue weighted by Gasteiger charge is 2.01. The number of carbonyl (C=O) groups excluding carboxylic acids is 1.